The van der Waals surface area contributed by atoms with Crippen molar-refractivity contribution >= 4 is 40.2 Å². The van der Waals surface area contributed by atoms with Gasteiger partial charge in [-0.15, -0.1) is 0 Å². The second-order valence-corrected chi connectivity index (χ2v) is 10.2. The first kappa shape index (κ1) is 26.8. The Labute approximate surface area is 231 Å². The first-order valence-corrected chi connectivity index (χ1v) is 13.4. The van der Waals surface area contributed by atoms with Crippen LogP contribution in [0.5, 0.6) is 5.75 Å². The number of nitrogens with zero attached hydrogens (tertiary/aromatic N) is 5. The number of hydrogen-bond donors (Lipinski definition) is 2. The molecule has 39 heavy (non-hydrogen) atoms. The van der Waals surface area contributed by atoms with Gasteiger partial charge in [0.05, 0.1) is 23.5 Å². The predicted octanol–water partition coefficient (Wildman–Crippen LogP) is 5.54. The average Bonchev–Trinajstić information content (AvgIpc) is 3.34. The van der Waals surface area contributed by atoms with Crippen LogP contribution in [-0.4, -0.2) is 56.8 Å². The molecule has 2 aromatic heterocycles. The summed E-state index contributed by atoms with van der Waals surface area (Å²) in [6.45, 7) is 6.46. The lowest BCUT2D eigenvalue weighted by atomic mass is 10.1. The summed E-state index contributed by atoms with van der Waals surface area (Å²) in [6, 6.07) is 8.98. The van der Waals surface area contributed by atoms with E-state index in [0.29, 0.717) is 51.1 Å². The maximum atomic E-state index is 14.8. The van der Waals surface area contributed by atoms with E-state index in [9.17, 15) is 9.18 Å². The van der Waals surface area contributed by atoms with Crippen molar-refractivity contribution in [1.82, 2.24) is 24.6 Å². The number of halogens is 2. The Balaban J connectivity index is 1.25. The molecule has 1 saturated heterocycles. The number of anilines is 2. The molecule has 1 amide bonds. The number of aryl methyl sites for hydroxylation is 1. The number of hydrogen-bond acceptors (Lipinski definition) is 7. The summed E-state index contributed by atoms with van der Waals surface area (Å²) in [4.78, 5) is 24.1. The van der Waals surface area contributed by atoms with Gasteiger partial charge in [-0.3, -0.25) is 9.48 Å². The monoisotopic (exact) mass is 551 g/mol. The molecule has 9 nitrogen and oxygen atoms in total. The SMILES string of the molecule is CCn1cc2ncc(N[C@@H](C)c3cc(NC(=O)c4ccc(OC5CCN(C)CC5)c(Cl)c4)ccc3F)nc2n1. The molecule has 2 aromatic carbocycles. The van der Waals surface area contributed by atoms with E-state index in [1.165, 1.54) is 12.1 Å². The third kappa shape index (κ3) is 6.29. The van der Waals surface area contributed by atoms with Crippen molar-refractivity contribution in [1.29, 1.82) is 0 Å². The Hall–Kier alpha value is -3.76. The van der Waals surface area contributed by atoms with Crippen molar-refractivity contribution in [2.24, 2.45) is 0 Å². The highest BCUT2D eigenvalue weighted by molar-refractivity contribution is 6.32. The largest absolute Gasteiger partial charge is 0.489 e. The predicted molar refractivity (Wildman–Crippen MR) is 150 cm³/mol. The maximum Gasteiger partial charge on any atom is 0.255 e. The Morgan fingerprint density at radius 1 is 1.23 bits per heavy atom. The zero-order chi connectivity index (χ0) is 27.5. The summed E-state index contributed by atoms with van der Waals surface area (Å²) in [5.41, 5.74) is 2.40. The van der Waals surface area contributed by atoms with Gasteiger partial charge < -0.3 is 20.3 Å². The van der Waals surface area contributed by atoms with Crippen molar-refractivity contribution in [2.75, 3.05) is 30.8 Å². The molecule has 1 aliphatic rings. The van der Waals surface area contributed by atoms with Crippen molar-refractivity contribution in [3.63, 3.8) is 0 Å². The number of rotatable bonds is 8. The third-order valence-corrected chi connectivity index (χ3v) is 7.13. The van der Waals surface area contributed by atoms with E-state index < -0.39 is 11.9 Å². The molecule has 5 rings (SSSR count). The Bertz CT molecular complexity index is 1490. The molecule has 0 unspecified atom stereocenters. The van der Waals surface area contributed by atoms with E-state index in [4.69, 9.17) is 16.3 Å². The second-order valence-electron chi connectivity index (χ2n) is 9.77. The molecule has 1 fully saturated rings. The van der Waals surface area contributed by atoms with E-state index in [1.807, 2.05) is 20.0 Å². The van der Waals surface area contributed by atoms with Crippen molar-refractivity contribution in [3.8, 4) is 5.75 Å². The number of likely N-dealkylation sites (tertiary alicyclic amines) is 1. The fourth-order valence-electron chi connectivity index (χ4n) is 4.55. The lowest BCUT2D eigenvalue weighted by Gasteiger charge is -2.29. The van der Waals surface area contributed by atoms with Gasteiger partial charge in [-0.1, -0.05) is 11.6 Å². The van der Waals surface area contributed by atoms with Gasteiger partial charge in [0.25, 0.3) is 5.91 Å². The van der Waals surface area contributed by atoms with E-state index >= 15 is 0 Å². The molecule has 0 saturated carbocycles. The summed E-state index contributed by atoms with van der Waals surface area (Å²) in [5.74, 6) is 0.274. The standard InChI is InChI=1S/C28H31ClFN7O2/c1-4-37-16-24-27(35-37)34-26(15-31-24)32-17(2)21-14-19(6-7-23(21)30)33-28(38)18-5-8-25(22(29)13-18)39-20-9-11-36(3)12-10-20/h5-8,13-17,20H,4,9-12H2,1-3H3,(H,33,38)(H,32,34,35)/t17-/m0/s1. The van der Waals surface area contributed by atoms with Crippen LogP contribution in [0.25, 0.3) is 11.2 Å². The van der Waals surface area contributed by atoms with Crippen LogP contribution >= 0.6 is 11.6 Å². The van der Waals surface area contributed by atoms with Crippen LogP contribution in [0.3, 0.4) is 0 Å². The quantitative estimate of drug-likeness (QED) is 0.297. The minimum atomic E-state index is -0.452. The average molecular weight is 552 g/mol. The number of carbonyl (C=O) groups is 1. The number of nitrogens with one attached hydrogen (secondary N) is 2. The Kier molecular flexibility index (Phi) is 7.94. The van der Waals surface area contributed by atoms with Gasteiger partial charge >= 0.3 is 0 Å². The summed E-state index contributed by atoms with van der Waals surface area (Å²) in [6.07, 6.45) is 5.38. The number of aromatic nitrogens is 4. The summed E-state index contributed by atoms with van der Waals surface area (Å²) in [7, 11) is 2.09. The van der Waals surface area contributed by atoms with Crippen LogP contribution in [0.2, 0.25) is 5.02 Å². The van der Waals surface area contributed by atoms with Gasteiger partial charge in [-0.05, 0) is 70.1 Å². The molecule has 0 spiro atoms. The van der Waals surface area contributed by atoms with Gasteiger partial charge in [-0.25, -0.2) is 14.4 Å². The fraction of sp³-hybridized carbons (Fsp3) is 0.357. The first-order valence-electron chi connectivity index (χ1n) is 13.0. The van der Waals surface area contributed by atoms with Crippen molar-refractivity contribution in [2.45, 2.75) is 45.4 Å². The van der Waals surface area contributed by atoms with Crippen LogP contribution in [-0.2, 0) is 6.54 Å². The molecular formula is C28H31ClFN7O2. The Morgan fingerprint density at radius 3 is 2.77 bits per heavy atom. The van der Waals surface area contributed by atoms with Gasteiger partial charge in [0.1, 0.15) is 29.0 Å². The molecule has 11 heteroatoms. The molecule has 1 aliphatic heterocycles. The van der Waals surface area contributed by atoms with E-state index in [1.54, 1.807) is 35.1 Å². The lowest BCUT2D eigenvalue weighted by Crippen LogP contribution is -2.35. The molecule has 3 heterocycles. The van der Waals surface area contributed by atoms with Crippen LogP contribution in [0, 0.1) is 5.82 Å². The fourth-order valence-corrected chi connectivity index (χ4v) is 4.78. The highest BCUT2D eigenvalue weighted by atomic mass is 35.5. The number of piperidine rings is 1. The van der Waals surface area contributed by atoms with Crippen LogP contribution in [0.4, 0.5) is 15.9 Å². The summed E-state index contributed by atoms with van der Waals surface area (Å²) in [5, 5.41) is 10.7. The molecule has 0 bridgehead atoms. The molecule has 1 atom stereocenters. The Morgan fingerprint density at radius 2 is 2.03 bits per heavy atom. The van der Waals surface area contributed by atoms with E-state index in [-0.39, 0.29) is 12.0 Å². The molecule has 2 N–H and O–H groups in total. The minimum absolute atomic E-state index is 0.105. The highest BCUT2D eigenvalue weighted by Crippen LogP contribution is 2.29. The summed E-state index contributed by atoms with van der Waals surface area (Å²) >= 11 is 6.44. The van der Waals surface area contributed by atoms with Gasteiger partial charge in [0.15, 0.2) is 0 Å². The van der Waals surface area contributed by atoms with Crippen molar-refractivity contribution in [3.05, 3.63) is 70.8 Å². The van der Waals surface area contributed by atoms with Gasteiger partial charge in [-0.2, -0.15) is 5.10 Å². The van der Waals surface area contributed by atoms with Gasteiger partial charge in [0.2, 0.25) is 5.65 Å². The molecule has 4 aromatic rings. The van der Waals surface area contributed by atoms with Crippen LogP contribution in [0.15, 0.2) is 48.8 Å². The second kappa shape index (κ2) is 11.5. The van der Waals surface area contributed by atoms with E-state index in [2.05, 4.69) is 37.6 Å². The highest BCUT2D eigenvalue weighted by Gasteiger charge is 2.20. The van der Waals surface area contributed by atoms with Crippen molar-refractivity contribution < 1.29 is 13.9 Å². The number of amides is 1. The zero-order valence-corrected chi connectivity index (χ0v) is 22.9. The molecule has 0 radical (unpaired) electrons. The van der Waals surface area contributed by atoms with Crippen LogP contribution in [0.1, 0.15) is 48.7 Å². The lowest BCUT2D eigenvalue weighted by molar-refractivity contribution is 0.102. The minimum Gasteiger partial charge on any atom is -0.489 e. The van der Waals surface area contributed by atoms with Gasteiger partial charge in [0, 0.05) is 36.4 Å². The maximum absolute atomic E-state index is 14.8. The molecular weight excluding hydrogens is 521 g/mol. The normalized spacial score (nSPS) is 15.3. The summed E-state index contributed by atoms with van der Waals surface area (Å²) < 4.78 is 22.6. The first-order chi connectivity index (χ1) is 18.8. The zero-order valence-electron chi connectivity index (χ0n) is 22.1. The smallest absolute Gasteiger partial charge is 0.255 e. The number of fused-ring (bicyclic) bond motifs is 1. The van der Waals surface area contributed by atoms with E-state index in [0.717, 1.165) is 25.9 Å². The third-order valence-electron chi connectivity index (χ3n) is 6.84. The number of carbonyl (C=O) groups excluding carboxylic acids is 1. The van der Waals surface area contributed by atoms with Crippen LogP contribution < -0.4 is 15.4 Å². The topological polar surface area (TPSA) is 97.2 Å². The molecule has 0 aliphatic carbocycles. The number of benzene rings is 2. The molecule has 204 valence electrons. The number of ether oxygens (including phenoxy) is 1.